The van der Waals surface area contributed by atoms with E-state index in [0.29, 0.717) is 25.6 Å². The summed E-state index contributed by atoms with van der Waals surface area (Å²) in [7, 11) is 0. The monoisotopic (exact) mass is 371 g/mol. The van der Waals surface area contributed by atoms with Gasteiger partial charge in [-0.2, -0.15) is 9.67 Å². The minimum Gasteiger partial charge on any atom is -0.460 e. The van der Waals surface area contributed by atoms with E-state index in [-0.39, 0.29) is 17.8 Å². The molecule has 1 fully saturated rings. The smallest absolute Gasteiger partial charge is 0.336 e. The van der Waals surface area contributed by atoms with Gasteiger partial charge in [0.05, 0.1) is 6.61 Å². The van der Waals surface area contributed by atoms with Gasteiger partial charge >= 0.3 is 6.01 Å². The SMILES string of the molecule is CCOCCOc1nc(-c2ccc(CC)cc2)n(C(=O)C2CCCCC2)n1. The molecule has 146 valence electrons. The van der Waals surface area contributed by atoms with Crippen molar-refractivity contribution in [2.24, 2.45) is 5.92 Å². The van der Waals surface area contributed by atoms with Crippen molar-refractivity contribution in [3.63, 3.8) is 0 Å². The molecule has 0 amide bonds. The summed E-state index contributed by atoms with van der Waals surface area (Å²) in [5.41, 5.74) is 2.13. The van der Waals surface area contributed by atoms with E-state index in [1.165, 1.54) is 16.7 Å². The van der Waals surface area contributed by atoms with Crippen LogP contribution in [-0.4, -0.2) is 40.5 Å². The molecule has 0 unspecified atom stereocenters. The van der Waals surface area contributed by atoms with Crippen molar-refractivity contribution in [3.05, 3.63) is 29.8 Å². The van der Waals surface area contributed by atoms with Crippen LogP contribution in [0.15, 0.2) is 24.3 Å². The van der Waals surface area contributed by atoms with E-state index in [4.69, 9.17) is 9.47 Å². The van der Waals surface area contributed by atoms with Gasteiger partial charge in [0.2, 0.25) is 0 Å². The van der Waals surface area contributed by atoms with Gasteiger partial charge in [-0.1, -0.05) is 50.5 Å². The zero-order valence-electron chi connectivity index (χ0n) is 16.3. The van der Waals surface area contributed by atoms with Gasteiger partial charge in [0.25, 0.3) is 5.91 Å². The van der Waals surface area contributed by atoms with Crippen LogP contribution in [0.25, 0.3) is 11.4 Å². The average molecular weight is 371 g/mol. The Hall–Kier alpha value is -2.21. The zero-order chi connectivity index (χ0) is 19.1. The normalized spacial score (nSPS) is 15.0. The van der Waals surface area contributed by atoms with Crippen molar-refractivity contribution in [1.29, 1.82) is 0 Å². The Balaban J connectivity index is 1.85. The summed E-state index contributed by atoms with van der Waals surface area (Å²) < 4.78 is 12.4. The second-order valence-electron chi connectivity index (χ2n) is 6.90. The van der Waals surface area contributed by atoms with Crippen LogP contribution < -0.4 is 4.74 Å². The number of carbonyl (C=O) groups excluding carboxylic acids is 1. The number of carbonyl (C=O) groups is 1. The fourth-order valence-electron chi connectivity index (χ4n) is 3.44. The number of aryl methyl sites for hydroxylation is 1. The van der Waals surface area contributed by atoms with E-state index in [2.05, 4.69) is 29.1 Å². The molecule has 6 nitrogen and oxygen atoms in total. The Morgan fingerprint density at radius 3 is 2.52 bits per heavy atom. The molecule has 1 aromatic heterocycles. The number of hydrogen-bond donors (Lipinski definition) is 0. The standard InChI is InChI=1S/C21H29N3O3/c1-3-16-10-12-17(13-11-16)19-22-21(27-15-14-26-4-2)23-24(19)20(25)18-8-6-5-7-9-18/h10-13,18H,3-9,14-15H2,1-2H3. The highest BCUT2D eigenvalue weighted by molar-refractivity contribution is 5.84. The first-order valence-electron chi connectivity index (χ1n) is 10.0. The van der Waals surface area contributed by atoms with Crippen molar-refractivity contribution in [1.82, 2.24) is 14.8 Å². The molecular weight excluding hydrogens is 342 g/mol. The van der Waals surface area contributed by atoms with Gasteiger partial charge in [-0.15, -0.1) is 5.10 Å². The lowest BCUT2D eigenvalue weighted by Gasteiger charge is -2.20. The highest BCUT2D eigenvalue weighted by Gasteiger charge is 2.27. The zero-order valence-corrected chi connectivity index (χ0v) is 16.3. The Morgan fingerprint density at radius 2 is 1.85 bits per heavy atom. The van der Waals surface area contributed by atoms with Gasteiger partial charge in [-0.05, 0) is 31.7 Å². The van der Waals surface area contributed by atoms with E-state index in [1.54, 1.807) is 0 Å². The number of benzene rings is 1. The van der Waals surface area contributed by atoms with Gasteiger partial charge in [-0.25, -0.2) is 0 Å². The molecule has 1 aromatic carbocycles. The minimum atomic E-state index is 0.0189. The van der Waals surface area contributed by atoms with Gasteiger partial charge < -0.3 is 9.47 Å². The van der Waals surface area contributed by atoms with Crippen molar-refractivity contribution in [2.45, 2.75) is 52.4 Å². The molecule has 2 aromatic rings. The molecular formula is C21H29N3O3. The predicted octanol–water partition coefficient (Wildman–Crippen LogP) is 4.14. The molecule has 0 atom stereocenters. The van der Waals surface area contributed by atoms with E-state index in [0.717, 1.165) is 37.7 Å². The maximum absolute atomic E-state index is 13.1. The third-order valence-corrected chi connectivity index (χ3v) is 5.03. The van der Waals surface area contributed by atoms with Crippen molar-refractivity contribution >= 4 is 5.91 Å². The van der Waals surface area contributed by atoms with Gasteiger partial charge in [0.15, 0.2) is 5.82 Å². The fraction of sp³-hybridized carbons (Fsp3) is 0.571. The van der Waals surface area contributed by atoms with Crippen LogP contribution in [0.2, 0.25) is 0 Å². The van der Waals surface area contributed by atoms with Crippen molar-refractivity contribution < 1.29 is 14.3 Å². The lowest BCUT2D eigenvalue weighted by atomic mass is 9.88. The van der Waals surface area contributed by atoms with Gasteiger partial charge in [0, 0.05) is 18.1 Å². The van der Waals surface area contributed by atoms with E-state index in [9.17, 15) is 4.79 Å². The summed E-state index contributed by atoms with van der Waals surface area (Å²) in [4.78, 5) is 17.6. The molecule has 6 heteroatoms. The molecule has 1 heterocycles. The number of nitrogens with zero attached hydrogens (tertiary/aromatic N) is 3. The van der Waals surface area contributed by atoms with E-state index >= 15 is 0 Å². The lowest BCUT2D eigenvalue weighted by Crippen LogP contribution is -2.25. The van der Waals surface area contributed by atoms with Crippen LogP contribution in [0.4, 0.5) is 0 Å². The number of hydrogen-bond acceptors (Lipinski definition) is 5. The highest BCUT2D eigenvalue weighted by atomic mass is 16.5. The molecule has 0 N–H and O–H groups in total. The van der Waals surface area contributed by atoms with Crippen molar-refractivity contribution in [3.8, 4) is 17.4 Å². The second-order valence-corrected chi connectivity index (χ2v) is 6.90. The van der Waals surface area contributed by atoms with Gasteiger partial charge in [-0.3, -0.25) is 4.79 Å². The third kappa shape index (κ3) is 4.95. The first-order chi connectivity index (χ1) is 13.2. The molecule has 3 rings (SSSR count). The van der Waals surface area contributed by atoms with Crippen LogP contribution in [0.3, 0.4) is 0 Å². The quantitative estimate of drug-likeness (QED) is 0.652. The summed E-state index contributed by atoms with van der Waals surface area (Å²) in [5, 5.41) is 4.38. The Bertz CT molecular complexity index is 734. The molecule has 1 aliphatic rings. The van der Waals surface area contributed by atoms with Crippen molar-refractivity contribution in [2.75, 3.05) is 19.8 Å². The van der Waals surface area contributed by atoms with E-state index in [1.807, 2.05) is 19.1 Å². The van der Waals surface area contributed by atoms with Crippen LogP contribution in [-0.2, 0) is 11.2 Å². The topological polar surface area (TPSA) is 66.2 Å². The van der Waals surface area contributed by atoms with Crippen LogP contribution in [0.1, 0.15) is 56.3 Å². The maximum atomic E-state index is 13.1. The molecule has 1 saturated carbocycles. The Morgan fingerprint density at radius 1 is 1.11 bits per heavy atom. The summed E-state index contributed by atoms with van der Waals surface area (Å²) in [6, 6.07) is 8.35. The second kappa shape index (κ2) is 9.65. The first kappa shape index (κ1) is 19.5. The van der Waals surface area contributed by atoms with Gasteiger partial charge in [0.1, 0.15) is 6.61 Å². The maximum Gasteiger partial charge on any atom is 0.336 e. The minimum absolute atomic E-state index is 0.0189. The number of aromatic nitrogens is 3. The average Bonchev–Trinajstić information content (AvgIpc) is 3.15. The summed E-state index contributed by atoms with van der Waals surface area (Å²) in [6.45, 7) is 5.54. The summed E-state index contributed by atoms with van der Waals surface area (Å²) in [5.74, 6) is 0.599. The largest absolute Gasteiger partial charge is 0.460 e. The Kier molecular flexibility index (Phi) is 6.98. The van der Waals surface area contributed by atoms with Crippen LogP contribution in [0.5, 0.6) is 6.01 Å². The number of rotatable bonds is 8. The lowest BCUT2D eigenvalue weighted by molar-refractivity contribution is 0.0781. The summed E-state index contributed by atoms with van der Waals surface area (Å²) in [6.07, 6.45) is 6.23. The molecule has 0 aliphatic heterocycles. The molecule has 0 spiro atoms. The van der Waals surface area contributed by atoms with E-state index < -0.39 is 0 Å². The predicted molar refractivity (Wildman–Crippen MR) is 104 cm³/mol. The molecule has 0 saturated heterocycles. The van der Waals surface area contributed by atoms with Crippen LogP contribution >= 0.6 is 0 Å². The van der Waals surface area contributed by atoms with Crippen LogP contribution in [0, 0.1) is 5.92 Å². The molecule has 1 aliphatic carbocycles. The fourth-order valence-corrected chi connectivity index (χ4v) is 3.44. The third-order valence-electron chi connectivity index (χ3n) is 5.03. The number of ether oxygens (including phenoxy) is 2. The molecule has 0 radical (unpaired) electrons. The highest BCUT2D eigenvalue weighted by Crippen LogP contribution is 2.28. The molecule has 27 heavy (non-hydrogen) atoms. The molecule has 0 bridgehead atoms. The first-order valence-corrected chi connectivity index (χ1v) is 10.0. The summed E-state index contributed by atoms with van der Waals surface area (Å²) >= 11 is 0. The Labute approximate surface area is 160 Å².